The van der Waals surface area contributed by atoms with E-state index in [4.69, 9.17) is 0 Å². The third-order valence-electron chi connectivity index (χ3n) is 4.37. The maximum absolute atomic E-state index is 14.3. The zero-order valence-corrected chi connectivity index (χ0v) is 16.5. The van der Waals surface area contributed by atoms with Gasteiger partial charge in [0.25, 0.3) is 0 Å². The minimum atomic E-state index is -5.06. The van der Waals surface area contributed by atoms with Gasteiger partial charge < -0.3 is 4.52 Å². The molecule has 12 heteroatoms. The zero-order chi connectivity index (χ0) is 23.4. The number of benzene rings is 2. The summed E-state index contributed by atoms with van der Waals surface area (Å²) in [5.74, 6) is -2.91. The Morgan fingerprint density at radius 1 is 0.903 bits per heavy atom. The van der Waals surface area contributed by atoms with Crippen molar-refractivity contribution in [3.8, 4) is 22.4 Å². The van der Waals surface area contributed by atoms with Crippen LogP contribution in [0.3, 0.4) is 0 Å². The third kappa shape index (κ3) is 4.43. The van der Waals surface area contributed by atoms with Crippen molar-refractivity contribution < 1.29 is 43.7 Å². The summed E-state index contributed by atoms with van der Waals surface area (Å²) in [6.45, 7) is 1.12. The largest absolute Gasteiger partial charge is 0.453 e. The van der Waals surface area contributed by atoms with Crippen LogP contribution in [-0.4, -0.2) is 19.8 Å². The van der Waals surface area contributed by atoms with E-state index < -0.39 is 61.0 Å². The van der Waals surface area contributed by atoms with Gasteiger partial charge in [-0.05, 0) is 42.3 Å². The standard InChI is InChI=1S/C19H12F7NO3S/c1-9-7-11(3-5-12(9)18(21,22)23)16-15(17(30-27-16)19(24,25)26)10-4-6-14(13(20)8-10)31(2,28)29/h3-8H,1-2H3. The lowest BCUT2D eigenvalue weighted by Crippen LogP contribution is -2.07. The van der Waals surface area contributed by atoms with Gasteiger partial charge in [-0.3, -0.25) is 0 Å². The molecule has 0 unspecified atom stereocenters. The van der Waals surface area contributed by atoms with Gasteiger partial charge in [0.1, 0.15) is 16.4 Å². The third-order valence-corrected chi connectivity index (χ3v) is 5.50. The van der Waals surface area contributed by atoms with Gasteiger partial charge >= 0.3 is 12.4 Å². The Hall–Kier alpha value is -2.89. The average molecular weight is 467 g/mol. The number of alkyl halides is 6. The Balaban J connectivity index is 2.26. The van der Waals surface area contributed by atoms with Gasteiger partial charge in [0.2, 0.25) is 5.76 Å². The van der Waals surface area contributed by atoms with E-state index in [1.165, 1.54) is 0 Å². The molecule has 0 spiro atoms. The fraction of sp³-hybridized carbons (Fsp3) is 0.211. The summed E-state index contributed by atoms with van der Waals surface area (Å²) < 4.78 is 121. The van der Waals surface area contributed by atoms with Crippen molar-refractivity contribution >= 4 is 9.84 Å². The minimum absolute atomic E-state index is 0.132. The predicted octanol–water partition coefficient (Wildman–Crippen LogP) is 5.90. The SMILES string of the molecule is Cc1cc(-c2noc(C(F)(F)F)c2-c2ccc(S(C)(=O)=O)c(F)c2)ccc1C(F)(F)F. The molecule has 1 heterocycles. The highest BCUT2D eigenvalue weighted by Gasteiger charge is 2.41. The Morgan fingerprint density at radius 2 is 1.52 bits per heavy atom. The van der Waals surface area contributed by atoms with Gasteiger partial charge in [-0.2, -0.15) is 26.3 Å². The molecule has 31 heavy (non-hydrogen) atoms. The van der Waals surface area contributed by atoms with E-state index in [2.05, 4.69) is 9.68 Å². The topological polar surface area (TPSA) is 60.2 Å². The van der Waals surface area contributed by atoms with Crippen LogP contribution in [0.2, 0.25) is 0 Å². The Kier molecular flexibility index (Phi) is 5.41. The molecule has 3 rings (SSSR count). The lowest BCUT2D eigenvalue weighted by Gasteiger charge is -2.12. The van der Waals surface area contributed by atoms with Crippen molar-refractivity contribution in [2.75, 3.05) is 6.26 Å². The number of halogens is 7. The van der Waals surface area contributed by atoms with Crippen LogP contribution in [0.15, 0.2) is 45.8 Å². The number of sulfone groups is 1. The van der Waals surface area contributed by atoms with Crippen molar-refractivity contribution in [3.63, 3.8) is 0 Å². The summed E-state index contributed by atoms with van der Waals surface area (Å²) in [6, 6.07) is 4.86. The fourth-order valence-corrected chi connectivity index (χ4v) is 3.76. The van der Waals surface area contributed by atoms with Gasteiger partial charge in [0.05, 0.1) is 11.1 Å². The van der Waals surface area contributed by atoms with Gasteiger partial charge in [-0.15, -0.1) is 0 Å². The van der Waals surface area contributed by atoms with Crippen LogP contribution in [0.25, 0.3) is 22.4 Å². The minimum Gasteiger partial charge on any atom is -0.350 e. The highest BCUT2D eigenvalue weighted by molar-refractivity contribution is 7.90. The molecule has 0 saturated carbocycles. The molecule has 0 saturated heterocycles. The van der Waals surface area contributed by atoms with Gasteiger partial charge in [0, 0.05) is 11.8 Å². The van der Waals surface area contributed by atoms with Crippen molar-refractivity contribution in [2.24, 2.45) is 0 Å². The number of hydrogen-bond donors (Lipinski definition) is 0. The number of nitrogens with zero attached hydrogens (tertiary/aromatic N) is 1. The summed E-state index contributed by atoms with van der Waals surface area (Å²) in [5.41, 5.74) is -3.01. The number of aromatic nitrogens is 1. The first kappa shape index (κ1) is 22.8. The van der Waals surface area contributed by atoms with Crippen molar-refractivity contribution in [1.82, 2.24) is 5.16 Å². The Bertz CT molecular complexity index is 1260. The highest BCUT2D eigenvalue weighted by Crippen LogP contribution is 2.44. The fourth-order valence-electron chi connectivity index (χ4n) is 3.03. The molecule has 0 radical (unpaired) electrons. The molecule has 1 aromatic heterocycles. The first-order chi connectivity index (χ1) is 14.1. The van der Waals surface area contributed by atoms with Gasteiger partial charge in [0.15, 0.2) is 9.84 Å². The van der Waals surface area contributed by atoms with E-state index in [1.807, 2.05) is 0 Å². The molecule has 4 nitrogen and oxygen atoms in total. The summed E-state index contributed by atoms with van der Waals surface area (Å²) >= 11 is 0. The highest BCUT2D eigenvalue weighted by atomic mass is 32.2. The van der Waals surface area contributed by atoms with E-state index in [1.54, 1.807) is 0 Å². The maximum Gasteiger partial charge on any atom is 0.453 e. The average Bonchev–Trinajstić information content (AvgIpc) is 3.04. The van der Waals surface area contributed by atoms with Crippen LogP contribution in [0.5, 0.6) is 0 Å². The number of rotatable bonds is 3. The first-order valence-corrected chi connectivity index (χ1v) is 10.2. The van der Waals surface area contributed by atoms with Crippen LogP contribution in [0.4, 0.5) is 30.7 Å². The second-order valence-electron chi connectivity index (χ2n) is 6.68. The predicted molar refractivity (Wildman–Crippen MR) is 95.2 cm³/mol. The van der Waals surface area contributed by atoms with Crippen LogP contribution in [0.1, 0.15) is 16.9 Å². The molecule has 0 N–H and O–H groups in total. The molecule has 3 aromatic rings. The van der Waals surface area contributed by atoms with Crippen LogP contribution >= 0.6 is 0 Å². The van der Waals surface area contributed by atoms with E-state index in [9.17, 15) is 39.2 Å². The molecule has 0 aliphatic heterocycles. The van der Waals surface area contributed by atoms with Crippen molar-refractivity contribution in [2.45, 2.75) is 24.2 Å². The molecule has 0 aliphatic carbocycles. The summed E-state index contributed by atoms with van der Waals surface area (Å²) in [6.07, 6.45) is -9.01. The molecule has 0 atom stereocenters. The lowest BCUT2D eigenvalue weighted by atomic mass is 9.96. The monoisotopic (exact) mass is 467 g/mol. The Labute approximate surface area is 171 Å². The molecule has 0 aliphatic rings. The molecular weight excluding hydrogens is 455 g/mol. The van der Waals surface area contributed by atoms with E-state index in [0.29, 0.717) is 12.1 Å². The smallest absolute Gasteiger partial charge is 0.350 e. The zero-order valence-electron chi connectivity index (χ0n) is 15.7. The Morgan fingerprint density at radius 3 is 2.00 bits per heavy atom. The lowest BCUT2D eigenvalue weighted by molar-refractivity contribution is -0.155. The molecule has 0 bridgehead atoms. The van der Waals surface area contributed by atoms with Crippen molar-refractivity contribution in [3.05, 3.63) is 59.1 Å². The van der Waals surface area contributed by atoms with Gasteiger partial charge in [-0.1, -0.05) is 17.3 Å². The quantitative estimate of drug-likeness (QED) is 0.451. The van der Waals surface area contributed by atoms with Crippen molar-refractivity contribution in [1.29, 1.82) is 0 Å². The number of aryl methyl sites for hydroxylation is 1. The van der Waals surface area contributed by atoms with E-state index in [0.717, 1.165) is 37.4 Å². The van der Waals surface area contributed by atoms with Gasteiger partial charge in [-0.25, -0.2) is 12.8 Å². The van der Waals surface area contributed by atoms with Crippen LogP contribution in [0, 0.1) is 12.7 Å². The summed E-state index contributed by atoms with van der Waals surface area (Å²) in [4.78, 5) is -0.729. The first-order valence-electron chi connectivity index (χ1n) is 8.35. The second-order valence-corrected chi connectivity index (χ2v) is 8.66. The number of hydrogen-bond acceptors (Lipinski definition) is 4. The maximum atomic E-state index is 14.3. The van der Waals surface area contributed by atoms with E-state index in [-0.39, 0.29) is 11.1 Å². The van der Waals surface area contributed by atoms with Crippen LogP contribution < -0.4 is 0 Å². The normalized spacial score (nSPS) is 12.9. The second kappa shape index (κ2) is 7.36. The van der Waals surface area contributed by atoms with E-state index >= 15 is 0 Å². The summed E-state index contributed by atoms with van der Waals surface area (Å²) in [7, 11) is -3.99. The molecule has 166 valence electrons. The molecule has 2 aromatic carbocycles. The molecular formula is C19H12F7NO3S. The summed E-state index contributed by atoms with van der Waals surface area (Å²) in [5, 5.41) is 3.35. The molecule has 0 fully saturated rings. The van der Waals surface area contributed by atoms with Crippen LogP contribution in [-0.2, 0) is 22.2 Å². The molecule has 0 amide bonds.